The van der Waals surface area contributed by atoms with E-state index in [9.17, 15) is 18.0 Å². The van der Waals surface area contributed by atoms with Gasteiger partial charge in [-0.3, -0.25) is 14.8 Å². The first-order valence-electron chi connectivity index (χ1n) is 10.8. The Bertz CT molecular complexity index is 965. The fourth-order valence-electron chi connectivity index (χ4n) is 4.30. The molecule has 2 aliphatic rings. The summed E-state index contributed by atoms with van der Waals surface area (Å²) in [7, 11) is 0. The lowest BCUT2D eigenvalue weighted by Gasteiger charge is -2.28. The van der Waals surface area contributed by atoms with Gasteiger partial charge in [-0.05, 0) is 63.4 Å². The van der Waals surface area contributed by atoms with Crippen molar-refractivity contribution in [3.05, 3.63) is 41.7 Å². The van der Waals surface area contributed by atoms with Crippen molar-refractivity contribution in [1.29, 1.82) is 0 Å². The van der Waals surface area contributed by atoms with E-state index < -0.39 is 12.1 Å². The fourth-order valence-corrected chi connectivity index (χ4v) is 4.30. The second-order valence-corrected chi connectivity index (χ2v) is 8.36. The van der Waals surface area contributed by atoms with Crippen LogP contribution in [-0.2, 0) is 4.79 Å². The molecule has 2 saturated heterocycles. The number of benzene rings is 1. The molecule has 0 aliphatic carbocycles. The number of halogens is 3. The number of likely N-dealkylation sites (tertiary alicyclic amines) is 1. The van der Waals surface area contributed by atoms with E-state index in [4.69, 9.17) is 9.90 Å². The molecule has 0 bridgehead atoms. The Morgan fingerprint density at radius 2 is 1.97 bits per heavy atom. The number of rotatable bonds is 4. The predicted octanol–water partition coefficient (Wildman–Crippen LogP) is 3.67. The predicted molar refractivity (Wildman–Crippen MR) is 117 cm³/mol. The van der Waals surface area contributed by atoms with Crippen molar-refractivity contribution in [3.8, 4) is 0 Å². The lowest BCUT2D eigenvalue weighted by atomic mass is 10.1. The van der Waals surface area contributed by atoms with Crippen LogP contribution in [-0.4, -0.2) is 70.0 Å². The SMILES string of the molecule is Cc1cc(N2CCC(N3CCCC3C)C2)ccc1NC(=O)c1cn[nH]c1.O=C(O)C(F)(F)F. The number of aromatic nitrogens is 2. The van der Waals surface area contributed by atoms with Gasteiger partial charge in [0.2, 0.25) is 0 Å². The Balaban J connectivity index is 0.000000383. The van der Waals surface area contributed by atoms with Crippen molar-refractivity contribution in [2.24, 2.45) is 0 Å². The highest BCUT2D eigenvalue weighted by molar-refractivity contribution is 6.04. The molecule has 2 aliphatic heterocycles. The van der Waals surface area contributed by atoms with Gasteiger partial charge in [-0.15, -0.1) is 0 Å². The highest BCUT2D eigenvalue weighted by Crippen LogP contribution is 2.30. The van der Waals surface area contributed by atoms with Crippen molar-refractivity contribution in [1.82, 2.24) is 15.1 Å². The first kappa shape index (κ1) is 24.6. The van der Waals surface area contributed by atoms with E-state index in [1.807, 2.05) is 13.0 Å². The summed E-state index contributed by atoms with van der Waals surface area (Å²) in [5.74, 6) is -2.90. The molecule has 0 spiro atoms. The Kier molecular flexibility index (Phi) is 7.62. The molecule has 2 fully saturated rings. The van der Waals surface area contributed by atoms with Gasteiger partial charge >= 0.3 is 12.1 Å². The minimum atomic E-state index is -5.08. The zero-order valence-corrected chi connectivity index (χ0v) is 18.5. The van der Waals surface area contributed by atoms with Crippen molar-refractivity contribution in [3.63, 3.8) is 0 Å². The third kappa shape index (κ3) is 6.25. The summed E-state index contributed by atoms with van der Waals surface area (Å²) in [6.45, 7) is 7.86. The van der Waals surface area contributed by atoms with Gasteiger partial charge in [0.1, 0.15) is 0 Å². The minimum absolute atomic E-state index is 0.140. The van der Waals surface area contributed by atoms with Gasteiger partial charge in [0.05, 0.1) is 11.8 Å². The first-order valence-corrected chi connectivity index (χ1v) is 10.8. The molecule has 2 aromatic rings. The van der Waals surface area contributed by atoms with Crippen LogP contribution in [0.15, 0.2) is 30.6 Å². The number of nitrogens with one attached hydrogen (secondary N) is 2. The monoisotopic (exact) mass is 467 g/mol. The van der Waals surface area contributed by atoms with Crippen LogP contribution in [0.25, 0.3) is 0 Å². The maximum absolute atomic E-state index is 12.2. The number of aryl methyl sites for hydroxylation is 1. The largest absolute Gasteiger partial charge is 0.490 e. The average Bonchev–Trinajstić information content (AvgIpc) is 3.50. The number of aliphatic carboxylic acids is 1. The van der Waals surface area contributed by atoms with Crippen LogP contribution in [0, 0.1) is 6.92 Å². The van der Waals surface area contributed by atoms with Gasteiger partial charge in [0.25, 0.3) is 5.91 Å². The van der Waals surface area contributed by atoms with Gasteiger partial charge in [-0.1, -0.05) is 0 Å². The van der Waals surface area contributed by atoms with Gasteiger partial charge in [-0.25, -0.2) is 4.79 Å². The lowest BCUT2D eigenvalue weighted by Crippen LogP contribution is -2.39. The highest BCUT2D eigenvalue weighted by atomic mass is 19.4. The molecule has 1 amide bonds. The Hall–Kier alpha value is -3.08. The number of carboxylic acid groups (broad SMARTS) is 1. The first-order chi connectivity index (χ1) is 15.6. The Morgan fingerprint density at radius 3 is 2.52 bits per heavy atom. The van der Waals surface area contributed by atoms with Crippen molar-refractivity contribution >= 4 is 23.3 Å². The molecular weight excluding hydrogens is 439 g/mol. The van der Waals surface area contributed by atoms with Crippen molar-refractivity contribution in [2.45, 2.75) is 51.4 Å². The number of alkyl halides is 3. The van der Waals surface area contributed by atoms with Gasteiger partial charge in [0, 0.05) is 42.7 Å². The molecule has 33 heavy (non-hydrogen) atoms. The summed E-state index contributed by atoms with van der Waals surface area (Å²) in [4.78, 5) is 26.3. The molecular formula is C22H28F3N5O3. The second-order valence-electron chi connectivity index (χ2n) is 8.36. The lowest BCUT2D eigenvalue weighted by molar-refractivity contribution is -0.192. The minimum Gasteiger partial charge on any atom is -0.475 e. The van der Waals surface area contributed by atoms with Crippen LogP contribution in [0.5, 0.6) is 0 Å². The van der Waals surface area contributed by atoms with Crippen LogP contribution in [0.4, 0.5) is 24.5 Å². The summed E-state index contributed by atoms with van der Waals surface area (Å²) in [6, 6.07) is 7.71. The van der Waals surface area contributed by atoms with Crippen molar-refractivity contribution in [2.75, 3.05) is 29.9 Å². The van der Waals surface area contributed by atoms with Gasteiger partial charge in [0.15, 0.2) is 0 Å². The molecule has 1 aromatic carbocycles. The van der Waals surface area contributed by atoms with Crippen LogP contribution in [0.2, 0.25) is 0 Å². The van der Waals surface area contributed by atoms with E-state index in [0.29, 0.717) is 11.6 Å². The van der Waals surface area contributed by atoms with Crippen molar-refractivity contribution < 1.29 is 27.9 Å². The molecule has 4 rings (SSSR count). The average molecular weight is 467 g/mol. The number of anilines is 2. The van der Waals surface area contributed by atoms with E-state index >= 15 is 0 Å². The maximum atomic E-state index is 12.2. The van der Waals surface area contributed by atoms with Crippen LogP contribution < -0.4 is 10.2 Å². The molecule has 2 unspecified atom stereocenters. The number of hydrogen-bond donors (Lipinski definition) is 3. The highest BCUT2D eigenvalue weighted by Gasteiger charge is 2.38. The van der Waals surface area contributed by atoms with E-state index in [1.165, 1.54) is 37.7 Å². The molecule has 2 atom stereocenters. The standard InChI is InChI=1S/C20H27N5O.C2HF3O2/c1-14-10-17(5-6-19(14)23-20(26)16-11-21-22-12-16)24-9-7-18(13-24)25-8-3-4-15(25)2;3-2(4,5)1(6)7/h5-6,10-12,15,18H,3-4,7-9,13H2,1-2H3,(H,21,22)(H,23,26);(H,6,7). The number of H-pyrrole nitrogens is 1. The normalized spacial score (nSPS) is 20.9. The summed E-state index contributed by atoms with van der Waals surface area (Å²) < 4.78 is 31.7. The summed E-state index contributed by atoms with van der Waals surface area (Å²) in [5.41, 5.74) is 3.72. The Morgan fingerprint density at radius 1 is 1.24 bits per heavy atom. The number of amides is 1. The summed E-state index contributed by atoms with van der Waals surface area (Å²) >= 11 is 0. The van der Waals surface area contributed by atoms with Crippen LogP contribution in [0.3, 0.4) is 0 Å². The topological polar surface area (TPSA) is 102 Å². The zero-order valence-electron chi connectivity index (χ0n) is 18.5. The third-order valence-electron chi connectivity index (χ3n) is 6.06. The molecule has 1 aromatic heterocycles. The van der Waals surface area contributed by atoms with E-state index in [2.05, 4.69) is 44.4 Å². The summed E-state index contributed by atoms with van der Waals surface area (Å²) in [5, 5.41) is 16.6. The molecule has 0 radical (unpaired) electrons. The second kappa shape index (κ2) is 10.2. The number of aromatic amines is 1. The Labute approximate surface area is 189 Å². The van der Waals surface area contributed by atoms with E-state index in [-0.39, 0.29) is 5.91 Å². The molecule has 8 nitrogen and oxygen atoms in total. The number of carbonyl (C=O) groups is 2. The molecule has 180 valence electrons. The fraction of sp³-hybridized carbons (Fsp3) is 0.500. The van der Waals surface area contributed by atoms with Crippen LogP contribution >= 0.6 is 0 Å². The molecule has 3 N–H and O–H groups in total. The number of hydrogen-bond acceptors (Lipinski definition) is 5. The van der Waals surface area contributed by atoms with Crippen LogP contribution in [0.1, 0.15) is 42.1 Å². The number of carbonyl (C=O) groups excluding carboxylic acids is 1. The molecule has 3 heterocycles. The van der Waals surface area contributed by atoms with Gasteiger partial charge in [-0.2, -0.15) is 18.3 Å². The van der Waals surface area contributed by atoms with Gasteiger partial charge < -0.3 is 15.3 Å². The van der Waals surface area contributed by atoms with E-state index in [1.54, 1.807) is 6.20 Å². The number of nitrogens with zero attached hydrogens (tertiary/aromatic N) is 3. The quantitative estimate of drug-likeness (QED) is 0.634. The maximum Gasteiger partial charge on any atom is 0.490 e. The molecule has 11 heteroatoms. The third-order valence-corrected chi connectivity index (χ3v) is 6.06. The summed E-state index contributed by atoms with van der Waals surface area (Å²) in [6.07, 6.45) is 1.95. The smallest absolute Gasteiger partial charge is 0.475 e. The molecule has 0 saturated carbocycles. The number of carboxylic acids is 1. The van der Waals surface area contributed by atoms with E-state index in [0.717, 1.165) is 30.4 Å². The zero-order chi connectivity index (χ0) is 24.2.